The number of hydrogen-bond acceptors (Lipinski definition) is 4. The molecular formula is C27H27BrN2OS. The lowest BCUT2D eigenvalue weighted by atomic mass is 9.42. The van der Waals surface area contributed by atoms with Crippen LogP contribution >= 0.6 is 27.3 Å². The fourth-order valence-electron chi connectivity index (χ4n) is 7.13. The van der Waals surface area contributed by atoms with Gasteiger partial charge in [0, 0.05) is 27.0 Å². The highest BCUT2D eigenvalue weighted by Gasteiger charge is 2.59. The first-order valence-electron chi connectivity index (χ1n) is 11.5. The Morgan fingerprint density at radius 3 is 2.53 bits per heavy atom. The van der Waals surface area contributed by atoms with E-state index in [0.717, 1.165) is 21.4 Å². The van der Waals surface area contributed by atoms with Gasteiger partial charge in [-0.2, -0.15) is 0 Å². The first-order chi connectivity index (χ1) is 15.4. The summed E-state index contributed by atoms with van der Waals surface area (Å²) in [5, 5.41) is 13.1. The molecule has 4 aliphatic carbocycles. The average molecular weight is 507 g/mol. The molecule has 0 aliphatic heterocycles. The molecule has 1 heterocycles. The fraction of sp³-hybridized carbons (Fsp3) is 0.407. The van der Waals surface area contributed by atoms with E-state index < -0.39 is 0 Å². The van der Waals surface area contributed by atoms with E-state index in [4.69, 9.17) is 4.98 Å². The van der Waals surface area contributed by atoms with Gasteiger partial charge >= 0.3 is 0 Å². The lowest BCUT2D eigenvalue weighted by Crippen LogP contribution is -2.56. The van der Waals surface area contributed by atoms with Crippen LogP contribution in [0, 0.1) is 18.8 Å². The quantitative estimate of drug-likeness (QED) is 0.373. The maximum Gasteiger partial charge on any atom is 0.209 e. The van der Waals surface area contributed by atoms with Gasteiger partial charge < -0.3 is 5.11 Å². The van der Waals surface area contributed by atoms with Gasteiger partial charge in [-0.25, -0.2) is 9.98 Å². The van der Waals surface area contributed by atoms with E-state index in [1.165, 1.54) is 49.8 Å². The summed E-state index contributed by atoms with van der Waals surface area (Å²) in [7, 11) is 0. The fourth-order valence-corrected chi connectivity index (χ4v) is 8.29. The minimum atomic E-state index is 0.192. The van der Waals surface area contributed by atoms with Gasteiger partial charge in [-0.05, 0) is 86.5 Å². The van der Waals surface area contributed by atoms with Gasteiger partial charge in [-0.1, -0.05) is 45.8 Å². The van der Waals surface area contributed by atoms with E-state index in [1.54, 1.807) is 29.2 Å². The molecule has 0 saturated heterocycles. The number of aromatic nitrogens is 1. The summed E-state index contributed by atoms with van der Waals surface area (Å²) in [6.07, 6.45) is 9.56. The predicted octanol–water partition coefficient (Wildman–Crippen LogP) is 7.46. The zero-order valence-corrected chi connectivity index (χ0v) is 20.6. The summed E-state index contributed by atoms with van der Waals surface area (Å²) in [6.45, 7) is 2.18. The minimum absolute atomic E-state index is 0.192. The maximum atomic E-state index is 10.1. The number of hydrogen-bond donors (Lipinski definition) is 1. The van der Waals surface area contributed by atoms with Crippen LogP contribution in [0.4, 0.5) is 5.13 Å². The number of benzene rings is 2. The topological polar surface area (TPSA) is 45.5 Å². The third kappa shape index (κ3) is 3.45. The van der Waals surface area contributed by atoms with E-state index in [-0.39, 0.29) is 11.2 Å². The second-order valence-corrected chi connectivity index (χ2v) is 12.1. The molecule has 5 heteroatoms. The van der Waals surface area contributed by atoms with E-state index in [9.17, 15) is 5.11 Å². The van der Waals surface area contributed by atoms with Crippen LogP contribution in [0.25, 0.3) is 0 Å². The Labute approximate surface area is 201 Å². The van der Waals surface area contributed by atoms with Crippen molar-refractivity contribution in [1.82, 2.24) is 4.98 Å². The molecule has 3 nitrogen and oxygen atoms in total. The normalized spacial score (nSPS) is 30.9. The molecule has 3 aromatic rings. The number of thiazole rings is 1. The molecule has 1 N–H and O–H groups in total. The molecule has 7 rings (SSSR count). The van der Waals surface area contributed by atoms with Crippen molar-refractivity contribution < 1.29 is 5.11 Å². The molecule has 4 bridgehead atoms. The van der Waals surface area contributed by atoms with Crippen LogP contribution in [-0.4, -0.2) is 16.3 Å². The molecule has 4 atom stereocenters. The van der Waals surface area contributed by atoms with Crippen LogP contribution in [0.5, 0.6) is 5.75 Å². The smallest absolute Gasteiger partial charge is 0.209 e. The van der Waals surface area contributed by atoms with Gasteiger partial charge in [-0.3, -0.25) is 0 Å². The predicted molar refractivity (Wildman–Crippen MR) is 134 cm³/mol. The SMILES string of the molecule is Cc1ccc(C23C[C@H]4C[C@@H](C2)CC(c2csc(N=Cc5cc(Br)ccc5O)n2)(C4)C3)cc1. The summed E-state index contributed by atoms with van der Waals surface area (Å²) in [6, 6.07) is 14.7. The first-order valence-corrected chi connectivity index (χ1v) is 13.2. The first kappa shape index (κ1) is 20.6. The summed E-state index contributed by atoms with van der Waals surface area (Å²) >= 11 is 5.08. The molecular weight excluding hydrogens is 480 g/mol. The van der Waals surface area contributed by atoms with Crippen molar-refractivity contribution in [1.29, 1.82) is 0 Å². The molecule has 4 saturated carbocycles. The van der Waals surface area contributed by atoms with Crippen molar-refractivity contribution in [3.05, 3.63) is 74.7 Å². The Kier molecular flexibility index (Phi) is 4.85. The molecule has 4 fully saturated rings. The number of halogens is 1. The van der Waals surface area contributed by atoms with Gasteiger partial charge in [0.05, 0.1) is 5.69 Å². The van der Waals surface area contributed by atoms with E-state index in [1.807, 2.05) is 12.1 Å². The summed E-state index contributed by atoms with van der Waals surface area (Å²) in [4.78, 5) is 9.65. The highest BCUT2D eigenvalue weighted by Crippen LogP contribution is 2.66. The van der Waals surface area contributed by atoms with Crippen LogP contribution in [-0.2, 0) is 10.8 Å². The summed E-state index contributed by atoms with van der Waals surface area (Å²) in [5.74, 6) is 1.85. The van der Waals surface area contributed by atoms with Crippen molar-refractivity contribution in [3.8, 4) is 5.75 Å². The molecule has 1 aromatic heterocycles. The maximum absolute atomic E-state index is 10.1. The van der Waals surface area contributed by atoms with Crippen LogP contribution in [0.1, 0.15) is 60.9 Å². The van der Waals surface area contributed by atoms with Crippen molar-refractivity contribution in [2.24, 2.45) is 16.8 Å². The van der Waals surface area contributed by atoms with Crippen LogP contribution < -0.4 is 0 Å². The molecule has 164 valence electrons. The zero-order chi connectivity index (χ0) is 21.9. The molecule has 0 spiro atoms. The number of aryl methyl sites for hydroxylation is 1. The standard InChI is InChI=1S/C27H27BrN2OS/c1-17-2-4-21(5-3-17)26-10-18-8-19(11-26)13-27(12-18,16-26)24-15-32-25(30-24)29-14-20-9-22(28)6-7-23(20)31/h2-7,9,14-15,18-19,31H,8,10-13,16H2,1H3/t18-,19+,26?,27?. The molecule has 32 heavy (non-hydrogen) atoms. The Morgan fingerprint density at radius 1 is 1.06 bits per heavy atom. The Morgan fingerprint density at radius 2 is 1.78 bits per heavy atom. The van der Waals surface area contributed by atoms with Gasteiger partial charge in [0.2, 0.25) is 5.13 Å². The average Bonchev–Trinajstić information content (AvgIpc) is 3.24. The third-order valence-corrected chi connectivity index (χ3v) is 9.31. The minimum Gasteiger partial charge on any atom is -0.507 e. The van der Waals surface area contributed by atoms with Crippen LogP contribution in [0.2, 0.25) is 0 Å². The lowest BCUT2D eigenvalue weighted by Gasteiger charge is -2.62. The molecule has 0 radical (unpaired) electrons. The molecule has 4 aliphatic rings. The van der Waals surface area contributed by atoms with Crippen molar-refractivity contribution in [3.63, 3.8) is 0 Å². The van der Waals surface area contributed by atoms with Crippen molar-refractivity contribution in [2.75, 3.05) is 0 Å². The third-order valence-electron chi connectivity index (χ3n) is 8.06. The monoisotopic (exact) mass is 506 g/mol. The second-order valence-electron chi connectivity index (χ2n) is 10.4. The van der Waals surface area contributed by atoms with Crippen LogP contribution in [0.3, 0.4) is 0 Å². The Bertz CT molecular complexity index is 1180. The van der Waals surface area contributed by atoms with E-state index >= 15 is 0 Å². The van der Waals surface area contributed by atoms with Crippen molar-refractivity contribution >= 4 is 38.6 Å². The number of aromatic hydroxyl groups is 1. The molecule has 0 amide bonds. The second kappa shape index (κ2) is 7.53. The van der Waals surface area contributed by atoms with Crippen LogP contribution in [0.15, 0.2) is 57.3 Å². The van der Waals surface area contributed by atoms with Gasteiger partial charge in [0.1, 0.15) is 5.75 Å². The lowest BCUT2D eigenvalue weighted by molar-refractivity contribution is -0.0296. The van der Waals surface area contributed by atoms with Gasteiger partial charge in [0.25, 0.3) is 0 Å². The Balaban J connectivity index is 1.32. The zero-order valence-electron chi connectivity index (χ0n) is 18.2. The number of aliphatic imine (C=N–C) groups is 1. The number of phenolic OH excluding ortho intramolecular Hbond substituents is 1. The molecule has 2 unspecified atom stereocenters. The number of rotatable bonds is 4. The molecule has 2 aromatic carbocycles. The van der Waals surface area contributed by atoms with Gasteiger partial charge in [-0.15, -0.1) is 11.3 Å². The number of phenols is 1. The highest BCUT2D eigenvalue weighted by molar-refractivity contribution is 9.10. The number of nitrogens with zero attached hydrogens (tertiary/aromatic N) is 2. The largest absolute Gasteiger partial charge is 0.507 e. The van der Waals surface area contributed by atoms with E-state index in [2.05, 4.69) is 57.5 Å². The summed E-state index contributed by atoms with van der Waals surface area (Å²) in [5.41, 5.74) is 5.33. The van der Waals surface area contributed by atoms with E-state index in [0.29, 0.717) is 11.0 Å². The summed E-state index contributed by atoms with van der Waals surface area (Å²) < 4.78 is 0.923. The Hall–Kier alpha value is -1.98. The van der Waals surface area contributed by atoms with Crippen molar-refractivity contribution in [2.45, 2.75) is 56.3 Å². The highest BCUT2D eigenvalue weighted by atomic mass is 79.9. The van der Waals surface area contributed by atoms with Gasteiger partial charge in [0.15, 0.2) is 0 Å².